The molecule has 0 fully saturated rings. The van der Waals surface area contributed by atoms with E-state index in [1.807, 2.05) is 38.2 Å². The summed E-state index contributed by atoms with van der Waals surface area (Å²) in [7, 11) is 3.51. The molecule has 0 aliphatic heterocycles. The molecule has 8 nitrogen and oxygen atoms in total. The van der Waals surface area contributed by atoms with Gasteiger partial charge in [0.15, 0.2) is 0 Å². The lowest BCUT2D eigenvalue weighted by molar-refractivity contribution is 0.0838. The Morgan fingerprint density at radius 1 is 1.21 bits per heavy atom. The fourth-order valence-corrected chi connectivity index (χ4v) is 3.36. The number of pyridine rings is 1. The number of allylic oxidation sites excluding steroid dienone is 1. The Balaban J connectivity index is 1.84. The molecule has 1 unspecified atom stereocenters. The van der Waals surface area contributed by atoms with Crippen molar-refractivity contribution in [2.24, 2.45) is 5.73 Å². The van der Waals surface area contributed by atoms with Gasteiger partial charge in [0, 0.05) is 43.3 Å². The number of nitrogens with zero attached hydrogens (tertiary/aromatic N) is 3. The average Bonchev–Trinajstić information content (AvgIpc) is 2.84. The first-order valence-corrected chi connectivity index (χ1v) is 10.8. The van der Waals surface area contributed by atoms with Crippen LogP contribution >= 0.6 is 0 Å². The van der Waals surface area contributed by atoms with Gasteiger partial charge in [0.2, 0.25) is 5.78 Å². The highest BCUT2D eigenvalue weighted by atomic mass is 16.5. The van der Waals surface area contributed by atoms with Gasteiger partial charge in [0.1, 0.15) is 5.69 Å². The van der Waals surface area contributed by atoms with Gasteiger partial charge < -0.3 is 20.4 Å². The predicted molar refractivity (Wildman–Crippen MR) is 129 cm³/mol. The molecule has 0 spiro atoms. The van der Waals surface area contributed by atoms with Gasteiger partial charge in [-0.25, -0.2) is 4.98 Å². The minimum atomic E-state index is -0.347. The number of methoxy groups -OCH3 is 1. The fourth-order valence-electron chi connectivity index (χ4n) is 3.36. The van der Waals surface area contributed by atoms with Crippen LogP contribution in [0.2, 0.25) is 0 Å². The summed E-state index contributed by atoms with van der Waals surface area (Å²) in [6, 6.07) is 10.8. The molecule has 33 heavy (non-hydrogen) atoms. The molecule has 0 bridgehead atoms. The first kappa shape index (κ1) is 24.0. The van der Waals surface area contributed by atoms with Crippen LogP contribution < -0.4 is 16.6 Å². The van der Waals surface area contributed by atoms with Crippen molar-refractivity contribution < 1.29 is 9.53 Å². The van der Waals surface area contributed by atoms with Crippen molar-refractivity contribution in [1.29, 1.82) is 0 Å². The molecule has 3 aromatic rings. The second-order valence-corrected chi connectivity index (χ2v) is 7.66. The number of ether oxygens (including phenoxy) is 1. The van der Waals surface area contributed by atoms with Gasteiger partial charge in [-0.2, -0.15) is 0 Å². The van der Waals surface area contributed by atoms with E-state index in [0.29, 0.717) is 23.5 Å². The summed E-state index contributed by atoms with van der Waals surface area (Å²) in [5.41, 5.74) is 9.57. The van der Waals surface area contributed by atoms with Gasteiger partial charge in [-0.3, -0.25) is 14.6 Å². The van der Waals surface area contributed by atoms with Crippen LogP contribution in [0.15, 0.2) is 65.9 Å². The van der Waals surface area contributed by atoms with Crippen LogP contribution in [-0.4, -0.2) is 40.6 Å². The highest BCUT2D eigenvalue weighted by Gasteiger charge is 2.12. The maximum absolute atomic E-state index is 12.8. The van der Waals surface area contributed by atoms with E-state index in [0.717, 1.165) is 24.1 Å². The highest BCUT2D eigenvalue weighted by molar-refractivity contribution is 6.07. The molecule has 2 heterocycles. The molecular formula is C25H29N5O3. The van der Waals surface area contributed by atoms with Crippen molar-refractivity contribution in [3.8, 4) is 11.3 Å². The summed E-state index contributed by atoms with van der Waals surface area (Å²) in [6.45, 7) is 3.18. The van der Waals surface area contributed by atoms with E-state index in [-0.39, 0.29) is 23.1 Å². The lowest BCUT2D eigenvalue weighted by atomic mass is 10.1. The first-order chi connectivity index (χ1) is 15.9. The number of rotatable bonds is 10. The van der Waals surface area contributed by atoms with Crippen molar-refractivity contribution in [3.05, 3.63) is 88.2 Å². The SMILES string of the molecule is CCC(Cn1cc(-c2cncc(C(=O)C=C(N)c3ccc(CNC)cc3)n2)ccc1=O)OC. The minimum Gasteiger partial charge on any atom is -0.398 e. The summed E-state index contributed by atoms with van der Waals surface area (Å²) in [5.74, 6) is -0.347. The minimum absolute atomic E-state index is 0.0719. The van der Waals surface area contributed by atoms with Crippen LogP contribution in [-0.2, 0) is 17.8 Å². The summed E-state index contributed by atoms with van der Waals surface area (Å²) in [6.07, 6.45) is 6.73. The molecule has 3 N–H and O–H groups in total. The van der Waals surface area contributed by atoms with Crippen LogP contribution in [0.25, 0.3) is 17.0 Å². The molecule has 8 heteroatoms. The third-order valence-corrected chi connectivity index (χ3v) is 5.31. The number of nitrogens with one attached hydrogen (secondary N) is 1. The molecule has 2 aromatic heterocycles. The van der Waals surface area contributed by atoms with Crippen molar-refractivity contribution in [2.75, 3.05) is 14.2 Å². The van der Waals surface area contributed by atoms with E-state index in [2.05, 4.69) is 15.3 Å². The van der Waals surface area contributed by atoms with Gasteiger partial charge >= 0.3 is 0 Å². The van der Waals surface area contributed by atoms with E-state index >= 15 is 0 Å². The molecule has 0 aliphatic rings. The Bertz CT molecular complexity index is 1180. The fraction of sp³-hybridized carbons (Fsp3) is 0.280. The van der Waals surface area contributed by atoms with Crippen LogP contribution in [0, 0.1) is 0 Å². The third kappa shape index (κ3) is 6.21. The second-order valence-electron chi connectivity index (χ2n) is 7.66. The number of aromatic nitrogens is 3. The van der Waals surface area contributed by atoms with Gasteiger partial charge in [-0.1, -0.05) is 31.2 Å². The predicted octanol–water partition coefficient (Wildman–Crippen LogP) is 2.63. The van der Waals surface area contributed by atoms with E-state index in [9.17, 15) is 9.59 Å². The normalized spacial score (nSPS) is 12.5. The largest absolute Gasteiger partial charge is 0.398 e. The van der Waals surface area contributed by atoms with Crippen molar-refractivity contribution in [2.45, 2.75) is 32.5 Å². The molecule has 1 aromatic carbocycles. The lowest BCUT2D eigenvalue weighted by Crippen LogP contribution is -2.26. The Morgan fingerprint density at radius 2 is 1.97 bits per heavy atom. The molecule has 0 saturated carbocycles. The number of hydrogen-bond acceptors (Lipinski definition) is 7. The Hall–Kier alpha value is -3.62. The molecule has 0 amide bonds. The Labute approximate surface area is 193 Å². The van der Waals surface area contributed by atoms with Crippen molar-refractivity contribution in [1.82, 2.24) is 19.9 Å². The van der Waals surface area contributed by atoms with Gasteiger partial charge in [0.25, 0.3) is 5.56 Å². The quantitative estimate of drug-likeness (QED) is 0.363. The first-order valence-electron chi connectivity index (χ1n) is 10.8. The van der Waals surface area contributed by atoms with Crippen molar-refractivity contribution >= 4 is 11.5 Å². The zero-order valence-corrected chi connectivity index (χ0v) is 19.1. The molecular weight excluding hydrogens is 418 g/mol. The number of carbonyl (C=O) groups is 1. The molecule has 172 valence electrons. The van der Waals surface area contributed by atoms with Crippen LogP contribution in [0.5, 0.6) is 0 Å². The zero-order chi connectivity index (χ0) is 23.8. The van der Waals surface area contributed by atoms with Gasteiger partial charge in [0.05, 0.1) is 30.7 Å². The summed E-state index contributed by atoms with van der Waals surface area (Å²) in [5, 5.41) is 3.09. The van der Waals surface area contributed by atoms with E-state index in [4.69, 9.17) is 10.5 Å². The number of carbonyl (C=O) groups excluding carboxylic acids is 1. The highest BCUT2D eigenvalue weighted by Crippen LogP contribution is 2.17. The van der Waals surface area contributed by atoms with Gasteiger partial charge in [-0.05, 0) is 30.7 Å². The summed E-state index contributed by atoms with van der Waals surface area (Å²) in [4.78, 5) is 33.7. The van der Waals surface area contributed by atoms with Crippen molar-refractivity contribution in [3.63, 3.8) is 0 Å². The maximum atomic E-state index is 12.8. The number of ketones is 1. The standard InChI is InChI=1S/C25H29N5O3/c1-4-20(33-3)16-30-15-19(9-10-25(30)32)22-13-28-14-23(29-22)24(31)11-21(26)18-7-5-17(6-8-18)12-27-2/h5-11,13-15,20,27H,4,12,16,26H2,1-3H3. The number of benzene rings is 1. The molecule has 0 radical (unpaired) electrons. The third-order valence-electron chi connectivity index (χ3n) is 5.31. The van der Waals surface area contributed by atoms with Crippen LogP contribution in [0.4, 0.5) is 0 Å². The van der Waals surface area contributed by atoms with E-state index in [1.54, 1.807) is 30.1 Å². The van der Waals surface area contributed by atoms with Crippen LogP contribution in [0.1, 0.15) is 35.0 Å². The van der Waals surface area contributed by atoms with E-state index < -0.39 is 0 Å². The van der Waals surface area contributed by atoms with E-state index in [1.165, 1.54) is 18.3 Å². The van der Waals surface area contributed by atoms with Crippen LogP contribution in [0.3, 0.4) is 0 Å². The summed E-state index contributed by atoms with van der Waals surface area (Å²) < 4.78 is 6.97. The zero-order valence-electron chi connectivity index (χ0n) is 19.1. The Morgan fingerprint density at radius 3 is 2.64 bits per heavy atom. The number of nitrogens with two attached hydrogens (primary N) is 1. The molecule has 3 rings (SSSR count). The smallest absolute Gasteiger partial charge is 0.250 e. The second kappa shape index (κ2) is 11.3. The molecule has 0 saturated heterocycles. The lowest BCUT2D eigenvalue weighted by Gasteiger charge is -2.15. The molecule has 0 aliphatic carbocycles. The topological polar surface area (TPSA) is 112 Å². The molecule has 1 atom stereocenters. The Kier molecular flexibility index (Phi) is 8.23. The summed E-state index contributed by atoms with van der Waals surface area (Å²) >= 11 is 0. The number of hydrogen-bond donors (Lipinski definition) is 2. The maximum Gasteiger partial charge on any atom is 0.250 e. The van der Waals surface area contributed by atoms with Gasteiger partial charge in [-0.15, -0.1) is 0 Å². The average molecular weight is 448 g/mol. The monoisotopic (exact) mass is 447 g/mol.